The normalized spacial score (nSPS) is 14.9. The Morgan fingerprint density at radius 2 is 1.76 bits per heavy atom. The van der Waals surface area contributed by atoms with Crippen molar-refractivity contribution in [2.45, 2.75) is 25.3 Å². The lowest BCUT2D eigenvalue weighted by atomic mass is 9.98. The van der Waals surface area contributed by atoms with Gasteiger partial charge in [0.25, 0.3) is 5.91 Å². The number of ether oxygens (including phenoxy) is 1. The van der Waals surface area contributed by atoms with Crippen LogP contribution in [0, 0.1) is 17.2 Å². The third-order valence-electron chi connectivity index (χ3n) is 4.86. The molecule has 148 valence electrons. The third-order valence-corrected chi connectivity index (χ3v) is 5.11. The van der Waals surface area contributed by atoms with E-state index in [-0.39, 0.29) is 22.8 Å². The maximum atomic E-state index is 12.8. The number of ketones is 1. The van der Waals surface area contributed by atoms with E-state index in [9.17, 15) is 19.6 Å². The van der Waals surface area contributed by atoms with E-state index in [1.54, 1.807) is 43.3 Å². The molecule has 29 heavy (non-hydrogen) atoms. The van der Waals surface area contributed by atoms with Crippen LogP contribution < -0.4 is 5.32 Å². The summed E-state index contributed by atoms with van der Waals surface area (Å²) in [6.45, 7) is 1.12. The van der Waals surface area contributed by atoms with Crippen molar-refractivity contribution in [3.63, 3.8) is 0 Å². The molecule has 1 saturated carbocycles. The first-order valence-electron chi connectivity index (χ1n) is 9.13. The number of rotatable bonds is 7. The van der Waals surface area contributed by atoms with Gasteiger partial charge in [-0.1, -0.05) is 29.8 Å². The van der Waals surface area contributed by atoms with Crippen LogP contribution in [0.2, 0.25) is 5.02 Å². The van der Waals surface area contributed by atoms with Crippen molar-refractivity contribution < 1.29 is 19.1 Å². The van der Waals surface area contributed by atoms with Crippen LogP contribution in [0.4, 0.5) is 0 Å². The van der Waals surface area contributed by atoms with Gasteiger partial charge in [0.05, 0.1) is 11.6 Å². The number of halogens is 1. The Morgan fingerprint density at radius 3 is 2.34 bits per heavy atom. The summed E-state index contributed by atoms with van der Waals surface area (Å²) in [5, 5.41) is 12.4. The molecule has 0 radical (unpaired) electrons. The van der Waals surface area contributed by atoms with Gasteiger partial charge in [0.1, 0.15) is 5.54 Å². The zero-order valence-electron chi connectivity index (χ0n) is 15.8. The first kappa shape index (κ1) is 20.6. The largest absolute Gasteiger partial charge is 0.452 e. The van der Waals surface area contributed by atoms with Gasteiger partial charge in [0.15, 0.2) is 12.4 Å². The monoisotopic (exact) mass is 410 g/mol. The molecule has 0 bridgehead atoms. The lowest BCUT2D eigenvalue weighted by Gasteiger charge is -2.22. The van der Waals surface area contributed by atoms with E-state index in [0.717, 1.165) is 12.8 Å². The minimum Gasteiger partial charge on any atom is -0.452 e. The molecule has 7 heteroatoms. The highest BCUT2D eigenvalue weighted by Gasteiger charge is 2.43. The fraction of sp³-hybridized carbons (Fsp3) is 0.273. The van der Waals surface area contributed by atoms with Gasteiger partial charge in [0, 0.05) is 16.1 Å². The second kappa shape index (κ2) is 8.46. The lowest BCUT2D eigenvalue weighted by Crippen LogP contribution is -2.48. The Morgan fingerprint density at radius 1 is 1.14 bits per heavy atom. The van der Waals surface area contributed by atoms with Crippen LogP contribution in [0.15, 0.2) is 48.5 Å². The zero-order chi connectivity index (χ0) is 21.0. The van der Waals surface area contributed by atoms with E-state index in [4.69, 9.17) is 16.3 Å². The van der Waals surface area contributed by atoms with Gasteiger partial charge in [-0.25, -0.2) is 4.79 Å². The quantitative estimate of drug-likeness (QED) is 0.556. The van der Waals surface area contributed by atoms with Gasteiger partial charge >= 0.3 is 5.97 Å². The number of amides is 1. The molecule has 1 aliphatic carbocycles. The molecule has 0 aromatic heterocycles. The van der Waals surface area contributed by atoms with Crippen molar-refractivity contribution >= 4 is 29.3 Å². The SMILES string of the molecule is C[C@@](C#N)(NC(=O)COC(=O)c1ccccc1C(=O)c1ccc(Cl)cc1)C1CC1. The summed E-state index contributed by atoms with van der Waals surface area (Å²) in [5.74, 6) is -1.59. The van der Waals surface area contributed by atoms with Crippen molar-refractivity contribution in [3.05, 3.63) is 70.2 Å². The highest BCUT2D eigenvalue weighted by Crippen LogP contribution is 2.39. The van der Waals surface area contributed by atoms with Gasteiger partial charge in [0.2, 0.25) is 0 Å². The molecule has 0 spiro atoms. The fourth-order valence-electron chi connectivity index (χ4n) is 3.03. The number of carbonyl (C=O) groups excluding carboxylic acids is 3. The van der Waals surface area contributed by atoms with Crippen molar-refractivity contribution in [3.8, 4) is 6.07 Å². The standard InChI is InChI=1S/C22H19ClN2O4/c1-22(13-24,15-8-9-15)25-19(26)12-29-21(28)18-5-3-2-4-17(18)20(27)14-6-10-16(23)11-7-14/h2-7,10-11,15H,8-9,12H2,1H3,(H,25,26)/t22-/m0/s1. The lowest BCUT2D eigenvalue weighted by molar-refractivity contribution is -0.125. The molecule has 3 rings (SSSR count). The summed E-state index contributed by atoms with van der Waals surface area (Å²) in [7, 11) is 0. The Bertz CT molecular complexity index is 993. The summed E-state index contributed by atoms with van der Waals surface area (Å²) < 4.78 is 5.09. The van der Waals surface area contributed by atoms with Crippen LogP contribution in [-0.2, 0) is 9.53 Å². The maximum absolute atomic E-state index is 12.8. The van der Waals surface area contributed by atoms with E-state index in [1.165, 1.54) is 12.1 Å². The topological polar surface area (TPSA) is 96.3 Å². The zero-order valence-corrected chi connectivity index (χ0v) is 16.5. The second-order valence-corrected chi connectivity index (χ2v) is 7.53. The highest BCUT2D eigenvalue weighted by molar-refractivity contribution is 6.30. The minimum absolute atomic E-state index is 0.0606. The van der Waals surface area contributed by atoms with Crippen LogP contribution in [-0.4, -0.2) is 29.8 Å². The molecule has 0 heterocycles. The number of hydrogen-bond acceptors (Lipinski definition) is 5. The average molecular weight is 411 g/mol. The predicted molar refractivity (Wildman–Crippen MR) is 106 cm³/mol. The molecule has 1 aliphatic rings. The molecular formula is C22H19ClN2O4. The number of benzene rings is 2. The van der Waals surface area contributed by atoms with E-state index >= 15 is 0 Å². The highest BCUT2D eigenvalue weighted by atomic mass is 35.5. The molecule has 0 saturated heterocycles. The van der Waals surface area contributed by atoms with Gasteiger partial charge < -0.3 is 10.1 Å². The molecule has 1 fully saturated rings. The molecule has 6 nitrogen and oxygen atoms in total. The van der Waals surface area contributed by atoms with Crippen LogP contribution in [0.1, 0.15) is 46.0 Å². The summed E-state index contributed by atoms with van der Waals surface area (Å²) in [4.78, 5) is 37.4. The van der Waals surface area contributed by atoms with Gasteiger partial charge in [-0.05, 0) is 56.0 Å². The van der Waals surface area contributed by atoms with Crippen LogP contribution in [0.25, 0.3) is 0 Å². The average Bonchev–Trinajstić information content (AvgIpc) is 3.58. The maximum Gasteiger partial charge on any atom is 0.339 e. The minimum atomic E-state index is -0.966. The number of nitrogens with zero attached hydrogens (tertiary/aromatic N) is 1. The van der Waals surface area contributed by atoms with Gasteiger partial charge in [-0.2, -0.15) is 5.26 Å². The van der Waals surface area contributed by atoms with E-state index in [0.29, 0.717) is 10.6 Å². The summed E-state index contributed by atoms with van der Waals surface area (Å²) in [6, 6.07) is 14.7. The summed E-state index contributed by atoms with van der Waals surface area (Å²) in [6.07, 6.45) is 1.76. The Hall–Kier alpha value is -3.17. The van der Waals surface area contributed by atoms with E-state index in [1.807, 2.05) is 0 Å². The Labute approximate surface area is 173 Å². The fourth-order valence-corrected chi connectivity index (χ4v) is 3.16. The number of esters is 1. The van der Waals surface area contributed by atoms with E-state index in [2.05, 4.69) is 11.4 Å². The predicted octanol–water partition coefficient (Wildman–Crippen LogP) is 3.54. The Balaban J connectivity index is 1.68. The van der Waals surface area contributed by atoms with Gasteiger partial charge in [-0.15, -0.1) is 0 Å². The number of nitriles is 1. The molecule has 1 N–H and O–H groups in total. The van der Waals surface area contributed by atoms with Crippen molar-refractivity contribution in [1.29, 1.82) is 5.26 Å². The molecule has 0 aliphatic heterocycles. The van der Waals surface area contributed by atoms with E-state index < -0.39 is 24.0 Å². The molecule has 1 amide bonds. The summed E-state index contributed by atoms with van der Waals surface area (Å²) in [5.41, 5.74) is -0.362. The molecule has 2 aromatic rings. The number of nitrogens with one attached hydrogen (secondary N) is 1. The van der Waals surface area contributed by atoms with Crippen LogP contribution in [0.5, 0.6) is 0 Å². The second-order valence-electron chi connectivity index (χ2n) is 7.09. The van der Waals surface area contributed by atoms with Crippen LogP contribution in [0.3, 0.4) is 0 Å². The van der Waals surface area contributed by atoms with Crippen molar-refractivity contribution in [2.75, 3.05) is 6.61 Å². The molecular weight excluding hydrogens is 392 g/mol. The first-order valence-corrected chi connectivity index (χ1v) is 9.50. The number of hydrogen-bond donors (Lipinski definition) is 1. The molecule has 1 atom stereocenters. The number of carbonyl (C=O) groups is 3. The third kappa shape index (κ3) is 4.82. The van der Waals surface area contributed by atoms with Crippen LogP contribution >= 0.6 is 11.6 Å². The van der Waals surface area contributed by atoms with Crippen molar-refractivity contribution in [1.82, 2.24) is 5.32 Å². The molecule has 0 unspecified atom stereocenters. The summed E-state index contributed by atoms with van der Waals surface area (Å²) >= 11 is 5.85. The first-order chi connectivity index (χ1) is 13.8. The van der Waals surface area contributed by atoms with Crippen molar-refractivity contribution in [2.24, 2.45) is 5.92 Å². The Kier molecular flexibility index (Phi) is 6.00. The smallest absolute Gasteiger partial charge is 0.339 e. The van der Waals surface area contributed by atoms with Gasteiger partial charge in [-0.3, -0.25) is 9.59 Å². The molecule has 2 aromatic carbocycles.